The number of hydrogen-bond donors (Lipinski definition) is 1. The normalized spacial score (nSPS) is 24.0. The fourth-order valence-electron chi connectivity index (χ4n) is 4.49. The Hall–Kier alpha value is -2.34. The quantitative estimate of drug-likeness (QED) is 0.859. The third-order valence-corrected chi connectivity index (χ3v) is 7.73. The van der Waals surface area contributed by atoms with E-state index in [-0.39, 0.29) is 16.8 Å². The zero-order chi connectivity index (χ0) is 19.0. The van der Waals surface area contributed by atoms with E-state index < -0.39 is 10.0 Å². The summed E-state index contributed by atoms with van der Waals surface area (Å²) >= 11 is 0. The predicted molar refractivity (Wildman–Crippen MR) is 105 cm³/mol. The lowest BCUT2D eigenvalue weighted by Crippen LogP contribution is -2.39. The number of hydrogen-bond acceptors (Lipinski definition) is 3. The van der Waals surface area contributed by atoms with E-state index in [2.05, 4.69) is 5.32 Å². The van der Waals surface area contributed by atoms with Gasteiger partial charge >= 0.3 is 0 Å². The first-order chi connectivity index (χ1) is 13.0. The molecule has 0 unspecified atom stereocenters. The number of nitrogens with one attached hydrogen (secondary N) is 1. The fraction of sp³-hybridized carbons (Fsp3) is 0.381. The van der Waals surface area contributed by atoms with E-state index in [4.69, 9.17) is 0 Å². The number of amides is 1. The van der Waals surface area contributed by atoms with Crippen molar-refractivity contribution in [2.45, 2.75) is 36.6 Å². The first kappa shape index (κ1) is 18.0. The molecule has 0 heterocycles. The average molecular weight is 385 g/mol. The van der Waals surface area contributed by atoms with Crippen molar-refractivity contribution >= 4 is 21.6 Å². The maximum absolute atomic E-state index is 13.0. The Labute approximate surface area is 160 Å². The Morgan fingerprint density at radius 3 is 2.37 bits per heavy atom. The molecule has 2 bridgehead atoms. The first-order valence-corrected chi connectivity index (χ1v) is 10.8. The molecular weight excluding hydrogens is 360 g/mol. The largest absolute Gasteiger partial charge is 0.349 e. The minimum atomic E-state index is -3.73. The highest BCUT2D eigenvalue weighted by Crippen LogP contribution is 2.44. The number of carbonyl (C=O) groups excluding carboxylic acids is 1. The van der Waals surface area contributed by atoms with Gasteiger partial charge in [0.1, 0.15) is 0 Å². The number of anilines is 1. The smallest absolute Gasteiger partial charge is 0.264 e. The van der Waals surface area contributed by atoms with E-state index in [1.54, 1.807) is 54.6 Å². The van der Waals surface area contributed by atoms with Crippen molar-refractivity contribution < 1.29 is 13.2 Å². The highest BCUT2D eigenvalue weighted by molar-refractivity contribution is 7.92. The van der Waals surface area contributed by atoms with Crippen molar-refractivity contribution in [1.29, 1.82) is 0 Å². The minimum Gasteiger partial charge on any atom is -0.349 e. The summed E-state index contributed by atoms with van der Waals surface area (Å²) in [6.07, 6.45) is 4.69. The van der Waals surface area contributed by atoms with Gasteiger partial charge in [-0.2, -0.15) is 0 Å². The van der Waals surface area contributed by atoms with Crippen LogP contribution in [0.15, 0.2) is 59.5 Å². The molecule has 1 N–H and O–H groups in total. The van der Waals surface area contributed by atoms with Crippen molar-refractivity contribution in [3.63, 3.8) is 0 Å². The molecule has 2 aliphatic carbocycles. The van der Waals surface area contributed by atoms with Gasteiger partial charge in [-0.1, -0.05) is 36.8 Å². The summed E-state index contributed by atoms with van der Waals surface area (Å²) in [5.74, 6) is 1.10. The van der Waals surface area contributed by atoms with Gasteiger partial charge in [0.2, 0.25) is 0 Å². The van der Waals surface area contributed by atoms with Gasteiger partial charge in [0, 0.05) is 13.1 Å². The highest BCUT2D eigenvalue weighted by Gasteiger charge is 2.40. The summed E-state index contributed by atoms with van der Waals surface area (Å²) in [5.41, 5.74) is 0.782. The molecule has 3 atom stereocenters. The SMILES string of the molecule is CN(c1ccccc1C(=O)N[C@@H]1C[C@H]2CC[C@H]1C2)S(=O)(=O)c1ccccc1. The molecule has 0 spiro atoms. The Morgan fingerprint density at radius 2 is 1.70 bits per heavy atom. The topological polar surface area (TPSA) is 66.5 Å². The van der Waals surface area contributed by atoms with Gasteiger partial charge in [0.05, 0.1) is 16.1 Å². The standard InChI is InChI=1S/C21H24N2O3S/c1-23(27(25,26)17-7-3-2-4-8-17)20-10-6-5-9-18(20)21(24)22-19-14-15-11-12-16(19)13-15/h2-10,15-16,19H,11-14H2,1H3,(H,22,24)/t15-,16-,19+/m0/s1. The zero-order valence-electron chi connectivity index (χ0n) is 15.3. The van der Waals surface area contributed by atoms with Gasteiger partial charge in [0.15, 0.2) is 0 Å². The van der Waals surface area contributed by atoms with Crippen LogP contribution < -0.4 is 9.62 Å². The van der Waals surface area contributed by atoms with E-state index in [1.165, 1.54) is 30.6 Å². The minimum absolute atomic E-state index is 0.196. The van der Waals surface area contributed by atoms with Gasteiger partial charge < -0.3 is 5.32 Å². The van der Waals surface area contributed by atoms with Crippen LogP contribution in [0.25, 0.3) is 0 Å². The van der Waals surface area contributed by atoms with Gasteiger partial charge in [-0.05, 0) is 55.4 Å². The second kappa shape index (κ2) is 7.00. The van der Waals surface area contributed by atoms with Gasteiger partial charge in [-0.3, -0.25) is 9.10 Å². The molecule has 2 aromatic rings. The predicted octanol–water partition coefficient (Wildman–Crippen LogP) is 3.43. The molecule has 0 aromatic heterocycles. The van der Waals surface area contributed by atoms with E-state index in [0.717, 1.165) is 12.3 Å². The van der Waals surface area contributed by atoms with Crippen molar-refractivity contribution in [3.05, 3.63) is 60.2 Å². The van der Waals surface area contributed by atoms with Crippen LogP contribution in [0.2, 0.25) is 0 Å². The van der Waals surface area contributed by atoms with Gasteiger partial charge in [-0.15, -0.1) is 0 Å². The summed E-state index contributed by atoms with van der Waals surface area (Å²) in [6, 6.07) is 15.4. The van der Waals surface area contributed by atoms with Crippen molar-refractivity contribution in [2.75, 3.05) is 11.4 Å². The number of nitrogens with zero attached hydrogens (tertiary/aromatic N) is 1. The summed E-state index contributed by atoms with van der Waals surface area (Å²) < 4.78 is 27.1. The molecule has 0 radical (unpaired) electrons. The molecule has 2 aromatic carbocycles. The third kappa shape index (κ3) is 3.34. The van der Waals surface area contributed by atoms with E-state index >= 15 is 0 Å². The van der Waals surface area contributed by atoms with Gasteiger partial charge in [-0.25, -0.2) is 8.42 Å². The van der Waals surface area contributed by atoms with Crippen LogP contribution in [0.3, 0.4) is 0 Å². The first-order valence-electron chi connectivity index (χ1n) is 9.40. The molecule has 4 rings (SSSR count). The lowest BCUT2D eigenvalue weighted by atomic mass is 9.95. The van der Waals surface area contributed by atoms with Crippen LogP contribution in [0.5, 0.6) is 0 Å². The highest BCUT2D eigenvalue weighted by atomic mass is 32.2. The number of sulfonamides is 1. The van der Waals surface area contributed by atoms with Crippen molar-refractivity contribution in [2.24, 2.45) is 11.8 Å². The lowest BCUT2D eigenvalue weighted by Gasteiger charge is -2.25. The van der Waals surface area contributed by atoms with Crippen LogP contribution in [-0.2, 0) is 10.0 Å². The summed E-state index contributed by atoms with van der Waals surface area (Å²) in [4.78, 5) is 13.1. The van der Waals surface area contributed by atoms with Crippen LogP contribution in [0.4, 0.5) is 5.69 Å². The number of fused-ring (bicyclic) bond motifs is 2. The molecule has 2 fully saturated rings. The molecule has 6 heteroatoms. The van der Waals surface area contributed by atoms with Crippen LogP contribution in [-0.4, -0.2) is 27.4 Å². The number of rotatable bonds is 5. The fourth-order valence-corrected chi connectivity index (χ4v) is 5.72. The second-order valence-electron chi connectivity index (χ2n) is 7.56. The van der Waals surface area contributed by atoms with E-state index in [1.807, 2.05) is 0 Å². The Bertz CT molecular complexity index is 943. The Morgan fingerprint density at radius 1 is 1.00 bits per heavy atom. The maximum Gasteiger partial charge on any atom is 0.264 e. The van der Waals surface area contributed by atoms with Crippen molar-refractivity contribution in [3.8, 4) is 0 Å². The zero-order valence-corrected chi connectivity index (χ0v) is 16.2. The molecule has 0 aliphatic heterocycles. The van der Waals surface area contributed by atoms with Crippen LogP contribution in [0, 0.1) is 11.8 Å². The maximum atomic E-state index is 13.0. The second-order valence-corrected chi connectivity index (χ2v) is 9.53. The summed E-state index contributed by atoms with van der Waals surface area (Å²) in [5, 5.41) is 3.15. The molecule has 142 valence electrons. The van der Waals surface area contributed by atoms with E-state index in [9.17, 15) is 13.2 Å². The number of benzene rings is 2. The molecule has 27 heavy (non-hydrogen) atoms. The van der Waals surface area contributed by atoms with Crippen LogP contribution in [0.1, 0.15) is 36.0 Å². The summed E-state index contributed by atoms with van der Waals surface area (Å²) in [6.45, 7) is 0. The molecule has 0 saturated heterocycles. The van der Waals surface area contributed by atoms with E-state index in [0.29, 0.717) is 17.2 Å². The molecule has 5 nitrogen and oxygen atoms in total. The third-order valence-electron chi connectivity index (χ3n) is 5.94. The lowest BCUT2D eigenvalue weighted by molar-refractivity contribution is 0.0923. The molecule has 2 saturated carbocycles. The number of carbonyl (C=O) groups is 1. The molecular formula is C21H24N2O3S. The van der Waals surface area contributed by atoms with Gasteiger partial charge in [0.25, 0.3) is 15.9 Å². The Kier molecular flexibility index (Phi) is 4.68. The summed E-state index contributed by atoms with van der Waals surface area (Å²) in [7, 11) is -2.24. The van der Waals surface area contributed by atoms with Crippen LogP contribution >= 0.6 is 0 Å². The Balaban J connectivity index is 1.60. The monoisotopic (exact) mass is 384 g/mol. The average Bonchev–Trinajstić information content (AvgIpc) is 3.31. The number of para-hydroxylation sites is 1. The molecule has 2 aliphatic rings. The van der Waals surface area contributed by atoms with Crippen molar-refractivity contribution in [1.82, 2.24) is 5.32 Å². The molecule has 1 amide bonds.